The van der Waals surface area contributed by atoms with Gasteiger partial charge in [0.05, 0.1) is 0 Å². The highest BCUT2D eigenvalue weighted by atomic mass is 35.5. The second-order valence-corrected chi connectivity index (χ2v) is 5.50. The van der Waals surface area contributed by atoms with Crippen molar-refractivity contribution < 1.29 is 0 Å². The van der Waals surface area contributed by atoms with Crippen LogP contribution in [0.2, 0.25) is 5.02 Å². The molecule has 0 spiro atoms. The average molecular weight is 253 g/mol. The summed E-state index contributed by atoms with van der Waals surface area (Å²) in [6, 6.07) is 8.29. The molecule has 0 atom stereocenters. The second kappa shape index (κ2) is 5.38. The zero-order valence-corrected chi connectivity index (χ0v) is 11.4. The number of nitrogens with one attached hydrogen (secondary N) is 1. The van der Waals surface area contributed by atoms with E-state index < -0.39 is 0 Å². The Morgan fingerprint density at radius 3 is 2.53 bits per heavy atom. The van der Waals surface area contributed by atoms with Crippen LogP contribution >= 0.6 is 11.6 Å². The molecule has 0 unspecified atom stereocenters. The van der Waals surface area contributed by atoms with E-state index in [0.29, 0.717) is 0 Å². The Hall–Kier alpha value is -0.570. The Kier molecular flexibility index (Phi) is 4.08. The number of nitrogens with zero attached hydrogens (tertiary/aromatic N) is 1. The molecule has 1 heterocycles. The van der Waals surface area contributed by atoms with E-state index in [1.165, 1.54) is 18.4 Å². The average Bonchev–Trinajstić information content (AvgIpc) is 2.33. The Morgan fingerprint density at radius 2 is 1.94 bits per heavy atom. The number of hydrogen-bond donors (Lipinski definition) is 1. The molecular formula is C14H21ClN2. The third-order valence-corrected chi connectivity index (χ3v) is 4.23. The Labute approximate surface area is 109 Å². The maximum absolute atomic E-state index is 6.38. The van der Waals surface area contributed by atoms with Crippen LogP contribution < -0.4 is 5.32 Å². The van der Waals surface area contributed by atoms with Gasteiger partial charge in [0.15, 0.2) is 0 Å². The van der Waals surface area contributed by atoms with E-state index >= 15 is 0 Å². The van der Waals surface area contributed by atoms with E-state index in [9.17, 15) is 0 Å². The lowest BCUT2D eigenvalue weighted by molar-refractivity contribution is 0.185. The summed E-state index contributed by atoms with van der Waals surface area (Å²) in [6.07, 6.45) is 2.35. The van der Waals surface area contributed by atoms with E-state index in [1.54, 1.807) is 0 Å². The fourth-order valence-electron chi connectivity index (χ4n) is 2.82. The van der Waals surface area contributed by atoms with Crippen LogP contribution in [0.25, 0.3) is 0 Å². The minimum absolute atomic E-state index is 0.208. The van der Waals surface area contributed by atoms with Gasteiger partial charge in [-0.25, -0.2) is 0 Å². The quantitative estimate of drug-likeness (QED) is 0.890. The van der Waals surface area contributed by atoms with Crippen molar-refractivity contribution in [3.05, 3.63) is 34.9 Å². The van der Waals surface area contributed by atoms with E-state index in [2.05, 4.69) is 29.4 Å². The lowest BCUT2D eigenvalue weighted by Crippen LogP contribution is -2.46. The van der Waals surface area contributed by atoms with Crippen molar-refractivity contribution >= 4 is 11.6 Å². The number of hydrogen-bond acceptors (Lipinski definition) is 2. The van der Waals surface area contributed by atoms with Crippen molar-refractivity contribution in [2.75, 3.05) is 33.7 Å². The van der Waals surface area contributed by atoms with Gasteiger partial charge in [0.2, 0.25) is 0 Å². The van der Waals surface area contributed by atoms with Crippen LogP contribution in [0.15, 0.2) is 24.3 Å². The van der Waals surface area contributed by atoms with Crippen LogP contribution in [0.5, 0.6) is 0 Å². The molecule has 0 aromatic heterocycles. The predicted octanol–water partition coefficient (Wildman–Crippen LogP) is 2.52. The van der Waals surface area contributed by atoms with E-state index in [0.717, 1.165) is 24.7 Å². The molecule has 2 rings (SSSR count). The highest BCUT2D eigenvalue weighted by Crippen LogP contribution is 2.38. The van der Waals surface area contributed by atoms with Crippen LogP contribution in [0.3, 0.4) is 0 Å². The van der Waals surface area contributed by atoms with Gasteiger partial charge in [0, 0.05) is 17.0 Å². The van der Waals surface area contributed by atoms with Crippen molar-refractivity contribution in [1.82, 2.24) is 10.2 Å². The van der Waals surface area contributed by atoms with Crippen molar-refractivity contribution in [3.63, 3.8) is 0 Å². The summed E-state index contributed by atoms with van der Waals surface area (Å²) < 4.78 is 0. The lowest BCUT2D eigenvalue weighted by atomic mass is 9.72. The molecule has 1 saturated heterocycles. The first-order valence-corrected chi connectivity index (χ1v) is 6.64. The Morgan fingerprint density at radius 1 is 1.29 bits per heavy atom. The van der Waals surface area contributed by atoms with Gasteiger partial charge in [0.1, 0.15) is 0 Å². The molecule has 0 radical (unpaired) electrons. The molecule has 0 amide bonds. The lowest BCUT2D eigenvalue weighted by Gasteiger charge is -2.41. The molecule has 2 nitrogen and oxygen atoms in total. The van der Waals surface area contributed by atoms with Gasteiger partial charge in [-0.15, -0.1) is 0 Å². The van der Waals surface area contributed by atoms with Gasteiger partial charge < -0.3 is 10.2 Å². The number of likely N-dealkylation sites (tertiary alicyclic amines) is 1. The summed E-state index contributed by atoms with van der Waals surface area (Å²) in [5.41, 5.74) is 1.52. The Bertz CT molecular complexity index is 370. The first-order chi connectivity index (χ1) is 8.18. The summed E-state index contributed by atoms with van der Waals surface area (Å²) in [7, 11) is 4.22. The van der Waals surface area contributed by atoms with Crippen molar-refractivity contribution in [1.29, 1.82) is 0 Å². The smallest absolute Gasteiger partial charge is 0.0444 e. The van der Waals surface area contributed by atoms with Gasteiger partial charge in [-0.05, 0) is 51.7 Å². The predicted molar refractivity (Wildman–Crippen MR) is 73.8 cm³/mol. The van der Waals surface area contributed by atoms with Crippen molar-refractivity contribution in [2.24, 2.45) is 0 Å². The van der Waals surface area contributed by atoms with E-state index in [4.69, 9.17) is 11.6 Å². The fraction of sp³-hybridized carbons (Fsp3) is 0.571. The normalized spacial score (nSPS) is 20.4. The first kappa shape index (κ1) is 12.9. The minimum atomic E-state index is 0.208. The van der Waals surface area contributed by atoms with E-state index in [-0.39, 0.29) is 5.41 Å². The molecule has 1 aromatic carbocycles. The minimum Gasteiger partial charge on any atom is -0.319 e. The first-order valence-electron chi connectivity index (χ1n) is 6.26. The maximum atomic E-state index is 6.38. The zero-order chi connectivity index (χ0) is 12.3. The third-order valence-electron chi connectivity index (χ3n) is 3.90. The molecule has 1 aromatic rings. The number of benzene rings is 1. The maximum Gasteiger partial charge on any atom is 0.0444 e. The summed E-state index contributed by atoms with van der Waals surface area (Å²) in [6.45, 7) is 3.30. The standard InChI is InChI=1S/C14H21ClN2/c1-16-11-14(7-9-17(2)10-8-14)12-5-3-4-6-13(12)15/h3-6,16H,7-11H2,1-2H3. The molecule has 1 aliphatic heterocycles. The highest BCUT2D eigenvalue weighted by Gasteiger charge is 2.36. The van der Waals surface area contributed by atoms with Gasteiger partial charge in [0.25, 0.3) is 0 Å². The number of halogens is 1. The molecule has 0 aliphatic carbocycles. The highest BCUT2D eigenvalue weighted by molar-refractivity contribution is 6.31. The number of piperidine rings is 1. The molecule has 1 fully saturated rings. The summed E-state index contributed by atoms with van der Waals surface area (Å²) in [5.74, 6) is 0. The fourth-order valence-corrected chi connectivity index (χ4v) is 3.15. The van der Waals surface area contributed by atoms with Crippen LogP contribution in [0.1, 0.15) is 18.4 Å². The monoisotopic (exact) mass is 252 g/mol. The topological polar surface area (TPSA) is 15.3 Å². The van der Waals surface area contributed by atoms with Crippen LogP contribution in [0, 0.1) is 0 Å². The Balaban J connectivity index is 2.31. The SMILES string of the molecule is CNCC1(c2ccccc2Cl)CCN(C)CC1. The van der Waals surface area contributed by atoms with Crippen molar-refractivity contribution in [3.8, 4) is 0 Å². The zero-order valence-electron chi connectivity index (χ0n) is 10.7. The molecule has 94 valence electrons. The molecule has 1 aliphatic rings. The van der Waals surface area contributed by atoms with Gasteiger partial charge in [-0.3, -0.25) is 0 Å². The van der Waals surface area contributed by atoms with Crippen molar-refractivity contribution in [2.45, 2.75) is 18.3 Å². The molecular weight excluding hydrogens is 232 g/mol. The largest absolute Gasteiger partial charge is 0.319 e. The molecule has 0 bridgehead atoms. The van der Waals surface area contributed by atoms with Gasteiger partial charge in [-0.1, -0.05) is 29.8 Å². The second-order valence-electron chi connectivity index (χ2n) is 5.09. The summed E-state index contributed by atoms with van der Waals surface area (Å²) >= 11 is 6.38. The molecule has 3 heteroatoms. The molecule has 1 N–H and O–H groups in total. The van der Waals surface area contributed by atoms with Crippen LogP contribution in [-0.2, 0) is 5.41 Å². The van der Waals surface area contributed by atoms with Crippen LogP contribution in [-0.4, -0.2) is 38.6 Å². The van der Waals surface area contributed by atoms with Gasteiger partial charge in [-0.2, -0.15) is 0 Å². The third kappa shape index (κ3) is 2.65. The molecule has 17 heavy (non-hydrogen) atoms. The number of likely N-dealkylation sites (N-methyl/N-ethyl adjacent to an activating group) is 1. The van der Waals surface area contributed by atoms with E-state index in [1.807, 2.05) is 19.2 Å². The molecule has 0 saturated carbocycles. The van der Waals surface area contributed by atoms with Crippen LogP contribution in [0.4, 0.5) is 0 Å². The van der Waals surface area contributed by atoms with Gasteiger partial charge >= 0.3 is 0 Å². The summed E-state index contributed by atoms with van der Waals surface area (Å²) in [5, 5.41) is 4.25. The summed E-state index contributed by atoms with van der Waals surface area (Å²) in [4.78, 5) is 2.39. The number of rotatable bonds is 3.